The summed E-state index contributed by atoms with van der Waals surface area (Å²) in [4.78, 5) is 16.7. The maximum absolute atomic E-state index is 12.3. The summed E-state index contributed by atoms with van der Waals surface area (Å²) in [7, 11) is 1.61. The van der Waals surface area contributed by atoms with Gasteiger partial charge in [-0.1, -0.05) is 34.8 Å². The molecule has 0 radical (unpaired) electrons. The lowest BCUT2D eigenvalue weighted by Gasteiger charge is -2.15. The van der Waals surface area contributed by atoms with Crippen molar-refractivity contribution in [1.29, 1.82) is 0 Å². The molecule has 0 aliphatic carbocycles. The van der Waals surface area contributed by atoms with Crippen LogP contribution in [0.15, 0.2) is 29.6 Å². The fourth-order valence-corrected chi connectivity index (χ4v) is 4.11. The molecule has 152 valence electrons. The highest BCUT2D eigenvalue weighted by Gasteiger charge is 2.19. The van der Waals surface area contributed by atoms with E-state index in [0.29, 0.717) is 21.3 Å². The van der Waals surface area contributed by atoms with Gasteiger partial charge in [0.05, 0.1) is 22.8 Å². The fraction of sp³-hybridized carbons (Fsp3) is 0.200. The quantitative estimate of drug-likeness (QED) is 0.451. The maximum Gasteiger partial charge on any atom is 0.264 e. The Morgan fingerprint density at radius 1 is 1.07 bits per heavy atom. The van der Waals surface area contributed by atoms with E-state index in [1.54, 1.807) is 21.0 Å². The van der Waals surface area contributed by atoms with Crippen LogP contribution in [0.3, 0.4) is 0 Å². The number of ether oxygens (including phenoxy) is 2. The first-order chi connectivity index (χ1) is 13.8. The summed E-state index contributed by atoms with van der Waals surface area (Å²) in [6.07, 6.45) is 0. The average molecular weight is 472 g/mol. The smallest absolute Gasteiger partial charge is 0.264 e. The van der Waals surface area contributed by atoms with E-state index >= 15 is 0 Å². The van der Waals surface area contributed by atoms with Crippen LogP contribution >= 0.6 is 46.1 Å². The molecule has 1 N–H and O–H groups in total. The van der Waals surface area contributed by atoms with Gasteiger partial charge in [0, 0.05) is 16.0 Å². The molecular formula is C20H17Cl3N2O3S. The van der Waals surface area contributed by atoms with Crippen LogP contribution in [-0.2, 0) is 4.79 Å². The molecule has 5 nitrogen and oxygen atoms in total. The topological polar surface area (TPSA) is 60.5 Å². The summed E-state index contributed by atoms with van der Waals surface area (Å²) in [5.74, 6) is 0.624. The van der Waals surface area contributed by atoms with Crippen molar-refractivity contribution in [2.24, 2.45) is 0 Å². The fourth-order valence-electron chi connectivity index (χ4n) is 2.56. The molecule has 3 rings (SSSR count). The number of halogens is 3. The number of hydrogen-bond donors (Lipinski definition) is 1. The van der Waals surface area contributed by atoms with Gasteiger partial charge in [-0.25, -0.2) is 4.98 Å². The Labute approximate surface area is 187 Å². The van der Waals surface area contributed by atoms with E-state index in [2.05, 4.69) is 10.3 Å². The summed E-state index contributed by atoms with van der Waals surface area (Å²) in [6.45, 7) is 3.26. The lowest BCUT2D eigenvalue weighted by Crippen LogP contribution is -2.20. The van der Waals surface area contributed by atoms with Gasteiger partial charge in [-0.2, -0.15) is 0 Å². The van der Waals surface area contributed by atoms with E-state index in [-0.39, 0.29) is 28.3 Å². The van der Waals surface area contributed by atoms with E-state index in [0.717, 1.165) is 17.0 Å². The zero-order valence-electron chi connectivity index (χ0n) is 15.8. The number of methoxy groups -OCH3 is 1. The molecule has 2 aromatic carbocycles. The largest absolute Gasteiger partial charge is 0.497 e. The van der Waals surface area contributed by atoms with E-state index in [9.17, 15) is 4.79 Å². The molecule has 0 saturated heterocycles. The number of hydrogen-bond acceptors (Lipinski definition) is 5. The average Bonchev–Trinajstić information content (AvgIpc) is 3.19. The zero-order chi connectivity index (χ0) is 21.1. The van der Waals surface area contributed by atoms with Crippen molar-refractivity contribution >= 4 is 57.2 Å². The van der Waals surface area contributed by atoms with Gasteiger partial charge in [0.1, 0.15) is 5.75 Å². The van der Waals surface area contributed by atoms with Gasteiger partial charge in [0.2, 0.25) is 0 Å². The summed E-state index contributed by atoms with van der Waals surface area (Å²) >= 11 is 20.0. The Kier molecular flexibility index (Phi) is 6.90. The Balaban J connectivity index is 1.66. The van der Waals surface area contributed by atoms with Crippen molar-refractivity contribution in [3.63, 3.8) is 0 Å². The van der Waals surface area contributed by atoms with Gasteiger partial charge >= 0.3 is 0 Å². The molecule has 1 amide bonds. The number of anilines is 1. The third kappa shape index (κ3) is 4.78. The normalized spacial score (nSPS) is 10.7. The molecule has 9 heteroatoms. The number of amides is 1. The number of nitrogens with zero attached hydrogens (tertiary/aromatic N) is 1. The van der Waals surface area contributed by atoms with Crippen LogP contribution in [-0.4, -0.2) is 24.6 Å². The maximum atomic E-state index is 12.3. The van der Waals surface area contributed by atoms with Crippen LogP contribution in [0.1, 0.15) is 11.1 Å². The number of carbonyl (C=O) groups is 1. The molecule has 29 heavy (non-hydrogen) atoms. The standard InChI is InChI=1S/C20H17Cl3N2O3S/c1-10-16(21)11(2)18(23)19(17(10)22)28-8-15(26)25-20-24-14(9-29-20)12-4-6-13(27-3)7-5-12/h4-7,9H,8H2,1-3H3,(H,24,25,26). The van der Waals surface area contributed by atoms with E-state index in [1.807, 2.05) is 29.6 Å². The summed E-state index contributed by atoms with van der Waals surface area (Å²) < 4.78 is 10.7. The van der Waals surface area contributed by atoms with Crippen LogP contribution < -0.4 is 14.8 Å². The molecule has 0 spiro atoms. The third-order valence-electron chi connectivity index (χ3n) is 4.20. The van der Waals surface area contributed by atoms with Crippen molar-refractivity contribution in [2.45, 2.75) is 13.8 Å². The van der Waals surface area contributed by atoms with Gasteiger partial charge in [-0.15, -0.1) is 11.3 Å². The van der Waals surface area contributed by atoms with Crippen LogP contribution in [0.5, 0.6) is 11.5 Å². The van der Waals surface area contributed by atoms with E-state index < -0.39 is 0 Å². The molecule has 0 atom stereocenters. The second-order valence-corrected chi connectivity index (χ2v) is 8.12. The number of nitrogens with one attached hydrogen (secondary N) is 1. The van der Waals surface area contributed by atoms with Crippen molar-refractivity contribution in [3.8, 4) is 22.8 Å². The molecule has 0 unspecified atom stereocenters. The monoisotopic (exact) mass is 470 g/mol. The zero-order valence-corrected chi connectivity index (χ0v) is 18.9. The Hall–Kier alpha value is -1.99. The highest BCUT2D eigenvalue weighted by Crippen LogP contribution is 2.42. The second-order valence-electron chi connectivity index (χ2n) is 6.12. The Morgan fingerprint density at radius 3 is 2.28 bits per heavy atom. The highest BCUT2D eigenvalue weighted by molar-refractivity contribution is 7.14. The molecule has 0 aliphatic rings. The molecule has 3 aromatic rings. The lowest BCUT2D eigenvalue weighted by atomic mass is 10.1. The Morgan fingerprint density at radius 2 is 1.69 bits per heavy atom. The highest BCUT2D eigenvalue weighted by atomic mass is 35.5. The van der Waals surface area contributed by atoms with Crippen molar-refractivity contribution in [2.75, 3.05) is 19.0 Å². The molecule has 1 aromatic heterocycles. The van der Waals surface area contributed by atoms with Crippen LogP contribution in [0, 0.1) is 13.8 Å². The van der Waals surface area contributed by atoms with Gasteiger partial charge < -0.3 is 9.47 Å². The van der Waals surface area contributed by atoms with Crippen molar-refractivity contribution < 1.29 is 14.3 Å². The molecule has 0 bridgehead atoms. The molecular weight excluding hydrogens is 455 g/mol. The first-order valence-corrected chi connectivity index (χ1v) is 10.5. The number of aromatic nitrogens is 1. The number of carbonyl (C=O) groups excluding carboxylic acids is 1. The van der Waals surface area contributed by atoms with Crippen molar-refractivity contribution in [3.05, 3.63) is 55.8 Å². The predicted molar refractivity (Wildman–Crippen MR) is 119 cm³/mol. The van der Waals surface area contributed by atoms with E-state index in [1.165, 1.54) is 11.3 Å². The number of benzene rings is 2. The minimum Gasteiger partial charge on any atom is -0.497 e. The van der Waals surface area contributed by atoms with Gasteiger partial charge in [0.25, 0.3) is 5.91 Å². The van der Waals surface area contributed by atoms with Crippen molar-refractivity contribution in [1.82, 2.24) is 4.98 Å². The van der Waals surface area contributed by atoms with Gasteiger partial charge in [-0.05, 0) is 49.2 Å². The summed E-state index contributed by atoms with van der Waals surface area (Å²) in [5, 5.41) is 6.08. The van der Waals surface area contributed by atoms with Crippen LogP contribution in [0.4, 0.5) is 5.13 Å². The molecule has 0 aliphatic heterocycles. The first-order valence-electron chi connectivity index (χ1n) is 8.48. The van der Waals surface area contributed by atoms with Crippen LogP contribution in [0.25, 0.3) is 11.3 Å². The van der Waals surface area contributed by atoms with E-state index in [4.69, 9.17) is 44.3 Å². The molecule has 1 heterocycles. The minimum atomic E-state index is -0.377. The summed E-state index contributed by atoms with van der Waals surface area (Å²) in [5.41, 5.74) is 2.97. The summed E-state index contributed by atoms with van der Waals surface area (Å²) in [6, 6.07) is 7.50. The van der Waals surface area contributed by atoms with Gasteiger partial charge in [-0.3, -0.25) is 10.1 Å². The lowest BCUT2D eigenvalue weighted by molar-refractivity contribution is -0.118. The second kappa shape index (κ2) is 9.22. The molecule has 0 saturated carbocycles. The first kappa shape index (κ1) is 21.7. The predicted octanol–water partition coefficient (Wildman–Crippen LogP) is 6.41. The third-order valence-corrected chi connectivity index (χ3v) is 6.43. The van der Waals surface area contributed by atoms with Gasteiger partial charge in [0.15, 0.2) is 17.5 Å². The molecule has 0 fully saturated rings. The Bertz CT molecular complexity index is 1020. The number of rotatable bonds is 6. The van der Waals surface area contributed by atoms with Crippen LogP contribution in [0.2, 0.25) is 15.1 Å². The SMILES string of the molecule is COc1ccc(-c2csc(NC(=O)COc3c(Cl)c(C)c(Cl)c(C)c3Cl)n2)cc1. The number of thiazole rings is 1. The minimum absolute atomic E-state index is 0.237.